The third-order valence-electron chi connectivity index (χ3n) is 5.52. The number of carboxylic acids is 1. The van der Waals surface area contributed by atoms with E-state index >= 15 is 0 Å². The molecule has 0 radical (unpaired) electrons. The van der Waals surface area contributed by atoms with Crippen molar-refractivity contribution in [2.75, 3.05) is 19.8 Å². The summed E-state index contributed by atoms with van der Waals surface area (Å²) in [7, 11) is 0. The molecule has 1 aliphatic carbocycles. The van der Waals surface area contributed by atoms with E-state index in [-0.39, 0.29) is 19.1 Å². The maximum absolute atomic E-state index is 10.7. The number of para-hydroxylation sites is 1. The molecule has 29 heavy (non-hydrogen) atoms. The van der Waals surface area contributed by atoms with Crippen molar-refractivity contribution >= 4 is 11.7 Å². The van der Waals surface area contributed by atoms with Gasteiger partial charge in [0.05, 0.1) is 11.3 Å². The van der Waals surface area contributed by atoms with Crippen LogP contribution in [0.15, 0.2) is 35.5 Å². The van der Waals surface area contributed by atoms with Crippen LogP contribution in [0.25, 0.3) is 0 Å². The van der Waals surface area contributed by atoms with Crippen molar-refractivity contribution in [1.29, 1.82) is 0 Å². The summed E-state index contributed by atoms with van der Waals surface area (Å²) in [4.78, 5) is 10.4. The first-order valence-electron chi connectivity index (χ1n) is 10.3. The second-order valence-electron chi connectivity index (χ2n) is 8.08. The number of nitrogens with zero attached hydrogens (tertiary/aromatic N) is 1. The van der Waals surface area contributed by atoms with Gasteiger partial charge in [0.15, 0.2) is 0 Å². The lowest BCUT2D eigenvalue weighted by Crippen LogP contribution is -2.33. The highest BCUT2D eigenvalue weighted by Gasteiger charge is 2.34. The summed E-state index contributed by atoms with van der Waals surface area (Å²) in [5.74, 6) is 0.344. The smallest absolute Gasteiger partial charge is 0.329 e. The Morgan fingerprint density at radius 2 is 2.00 bits per heavy atom. The fourth-order valence-electron chi connectivity index (χ4n) is 3.93. The van der Waals surface area contributed by atoms with Crippen LogP contribution in [0.3, 0.4) is 0 Å². The van der Waals surface area contributed by atoms with E-state index in [2.05, 4.69) is 5.16 Å². The van der Waals surface area contributed by atoms with E-state index in [9.17, 15) is 15.1 Å². The monoisotopic (exact) mass is 407 g/mol. The number of aliphatic carboxylic acids is 1. The molecule has 0 spiro atoms. The number of carboxylic acid groups (broad SMARTS) is 1. The van der Waals surface area contributed by atoms with E-state index in [1.807, 2.05) is 30.3 Å². The molecule has 2 rings (SSSR count). The number of oxime groups is 1. The van der Waals surface area contributed by atoms with E-state index in [0.29, 0.717) is 18.9 Å². The van der Waals surface area contributed by atoms with Crippen molar-refractivity contribution < 1.29 is 29.7 Å². The molecular weight excluding hydrogens is 374 g/mol. The van der Waals surface area contributed by atoms with Crippen LogP contribution in [0.4, 0.5) is 0 Å². The average Bonchev–Trinajstić information content (AvgIpc) is 3.10. The van der Waals surface area contributed by atoms with Crippen molar-refractivity contribution in [3.05, 3.63) is 30.3 Å². The predicted octanol–water partition coefficient (Wildman–Crippen LogP) is 3.72. The van der Waals surface area contributed by atoms with Gasteiger partial charge in [-0.05, 0) is 63.5 Å². The van der Waals surface area contributed by atoms with Crippen LogP contribution in [-0.4, -0.2) is 52.5 Å². The highest BCUT2D eigenvalue weighted by atomic mass is 16.5. The number of rotatable bonds is 13. The van der Waals surface area contributed by atoms with Gasteiger partial charge in [-0.15, -0.1) is 0 Å². The molecule has 1 aromatic carbocycles. The van der Waals surface area contributed by atoms with E-state index in [1.54, 1.807) is 6.92 Å². The summed E-state index contributed by atoms with van der Waals surface area (Å²) >= 11 is 0. The molecule has 162 valence electrons. The Bertz CT molecular complexity index is 646. The van der Waals surface area contributed by atoms with E-state index < -0.39 is 11.6 Å². The van der Waals surface area contributed by atoms with E-state index in [1.165, 1.54) is 0 Å². The summed E-state index contributed by atoms with van der Waals surface area (Å²) in [5, 5.41) is 32.1. The normalized spacial score (nSPS) is 22.5. The Kier molecular flexibility index (Phi) is 9.41. The Balaban J connectivity index is 1.76. The molecule has 2 unspecified atom stereocenters. The largest absolute Gasteiger partial charge is 0.491 e. The van der Waals surface area contributed by atoms with Crippen LogP contribution in [0.1, 0.15) is 51.9 Å². The van der Waals surface area contributed by atoms with Gasteiger partial charge in [-0.3, -0.25) is 0 Å². The maximum Gasteiger partial charge on any atom is 0.329 e. The standard InChI is InChI=1S/C22H33NO6/c1-22(26,16-29-18-8-3-2-4-9-18)13-12-19-17(10-11-20(19)23-27)7-5-6-14-28-15-21(24)25/h2-4,8-9,17,19,26-27H,5-7,10-16H2,1H3,(H,24,25)/b23-20-/t17-,19?,22?/m0/s1. The van der Waals surface area contributed by atoms with Gasteiger partial charge in [-0.1, -0.05) is 29.8 Å². The third-order valence-corrected chi connectivity index (χ3v) is 5.52. The molecule has 1 aromatic rings. The second-order valence-corrected chi connectivity index (χ2v) is 8.08. The number of carbonyl (C=O) groups is 1. The first-order valence-corrected chi connectivity index (χ1v) is 10.3. The van der Waals surface area contributed by atoms with Gasteiger partial charge < -0.3 is 24.9 Å². The zero-order chi connectivity index (χ0) is 21.1. The molecule has 0 aromatic heterocycles. The van der Waals surface area contributed by atoms with Gasteiger partial charge in [0.25, 0.3) is 0 Å². The predicted molar refractivity (Wildman–Crippen MR) is 110 cm³/mol. The molecule has 0 saturated heterocycles. The van der Waals surface area contributed by atoms with Gasteiger partial charge >= 0.3 is 5.97 Å². The number of ether oxygens (including phenoxy) is 2. The lowest BCUT2D eigenvalue weighted by atomic mass is 9.84. The zero-order valence-electron chi connectivity index (χ0n) is 17.1. The fraction of sp³-hybridized carbons (Fsp3) is 0.636. The average molecular weight is 408 g/mol. The van der Waals surface area contributed by atoms with Crippen LogP contribution in [0.5, 0.6) is 5.75 Å². The summed E-state index contributed by atoms with van der Waals surface area (Å²) in [5.41, 5.74) is -0.147. The minimum Gasteiger partial charge on any atom is -0.491 e. The van der Waals surface area contributed by atoms with Crippen molar-refractivity contribution in [2.24, 2.45) is 17.0 Å². The molecule has 0 bridgehead atoms. The van der Waals surface area contributed by atoms with Crippen molar-refractivity contribution in [3.63, 3.8) is 0 Å². The summed E-state index contributed by atoms with van der Waals surface area (Å²) in [6.45, 7) is 2.17. The van der Waals surface area contributed by atoms with Crippen LogP contribution >= 0.6 is 0 Å². The first kappa shape index (κ1) is 23.2. The Labute approximate surface area is 172 Å². The summed E-state index contributed by atoms with van der Waals surface area (Å²) < 4.78 is 10.8. The Morgan fingerprint density at radius 1 is 1.24 bits per heavy atom. The molecule has 7 nitrogen and oxygen atoms in total. The van der Waals surface area contributed by atoms with Crippen LogP contribution in [-0.2, 0) is 9.53 Å². The minimum atomic E-state index is -0.964. The summed E-state index contributed by atoms with van der Waals surface area (Å²) in [6.07, 6.45) is 5.78. The van der Waals surface area contributed by atoms with Crippen molar-refractivity contribution in [1.82, 2.24) is 0 Å². The van der Waals surface area contributed by atoms with Crippen LogP contribution in [0.2, 0.25) is 0 Å². The van der Waals surface area contributed by atoms with Crippen LogP contribution in [0, 0.1) is 11.8 Å². The number of unbranched alkanes of at least 4 members (excludes halogenated alkanes) is 1. The van der Waals surface area contributed by atoms with Crippen LogP contribution < -0.4 is 4.74 Å². The molecule has 1 saturated carbocycles. The van der Waals surface area contributed by atoms with E-state index in [0.717, 1.165) is 50.0 Å². The lowest BCUT2D eigenvalue weighted by molar-refractivity contribution is -0.142. The Morgan fingerprint density at radius 3 is 2.69 bits per heavy atom. The maximum atomic E-state index is 10.7. The highest BCUT2D eigenvalue weighted by molar-refractivity contribution is 5.88. The molecular formula is C22H33NO6. The third kappa shape index (κ3) is 8.41. The molecule has 3 atom stereocenters. The van der Waals surface area contributed by atoms with Gasteiger partial charge in [0.1, 0.15) is 19.0 Å². The number of benzene rings is 1. The molecule has 1 aliphatic rings. The lowest BCUT2D eigenvalue weighted by Gasteiger charge is -2.27. The first-order chi connectivity index (χ1) is 13.9. The second kappa shape index (κ2) is 11.8. The topological polar surface area (TPSA) is 109 Å². The zero-order valence-corrected chi connectivity index (χ0v) is 17.1. The molecule has 1 fully saturated rings. The fourth-order valence-corrected chi connectivity index (χ4v) is 3.93. The van der Waals surface area contributed by atoms with Gasteiger partial charge in [-0.2, -0.15) is 0 Å². The summed E-state index contributed by atoms with van der Waals surface area (Å²) in [6, 6.07) is 9.42. The molecule has 0 heterocycles. The molecule has 0 aliphatic heterocycles. The number of aliphatic hydroxyl groups is 1. The van der Waals surface area contributed by atoms with Crippen molar-refractivity contribution in [2.45, 2.75) is 57.5 Å². The SMILES string of the molecule is CC(O)(CCC1/C(=N\O)CC[C@@H]1CCCCOCC(=O)O)COc1ccccc1. The Hall–Kier alpha value is -2.12. The van der Waals surface area contributed by atoms with Gasteiger partial charge in [0.2, 0.25) is 0 Å². The molecule has 3 N–H and O–H groups in total. The van der Waals surface area contributed by atoms with Gasteiger partial charge in [-0.25, -0.2) is 4.79 Å². The van der Waals surface area contributed by atoms with E-state index in [4.69, 9.17) is 14.6 Å². The quantitative estimate of drug-likeness (QED) is 0.261. The number of hydrogen-bond donors (Lipinski definition) is 3. The van der Waals surface area contributed by atoms with Gasteiger partial charge in [0, 0.05) is 12.5 Å². The highest BCUT2D eigenvalue weighted by Crippen LogP contribution is 2.37. The van der Waals surface area contributed by atoms with Crippen molar-refractivity contribution in [3.8, 4) is 5.75 Å². The molecule has 7 heteroatoms. The number of hydrogen-bond acceptors (Lipinski definition) is 6. The molecule has 0 amide bonds. The minimum absolute atomic E-state index is 0.156.